The summed E-state index contributed by atoms with van der Waals surface area (Å²) in [5.74, 6) is 1.01. The third-order valence-corrected chi connectivity index (χ3v) is 4.17. The minimum absolute atomic E-state index is 0.409. The monoisotopic (exact) mass is 257 g/mol. The quantitative estimate of drug-likeness (QED) is 0.842. The van der Waals surface area contributed by atoms with Crippen LogP contribution >= 0.6 is 23.4 Å². The second-order valence-electron chi connectivity index (χ2n) is 3.90. The molecule has 2 nitrogen and oxygen atoms in total. The van der Waals surface area contributed by atoms with Crippen LogP contribution in [0.1, 0.15) is 18.4 Å². The summed E-state index contributed by atoms with van der Waals surface area (Å²) < 4.78 is 5.59. The Morgan fingerprint density at radius 1 is 1.50 bits per heavy atom. The molecule has 1 aromatic rings. The molecule has 1 unspecified atom stereocenters. The highest BCUT2D eigenvalue weighted by molar-refractivity contribution is 7.99. The average Bonchev–Trinajstić information content (AvgIpc) is 2.80. The first-order chi connectivity index (χ1) is 7.79. The number of thioether (sulfide) groups is 1. The highest BCUT2D eigenvalue weighted by Gasteiger charge is 2.16. The summed E-state index contributed by atoms with van der Waals surface area (Å²) >= 11 is 7.75. The highest BCUT2D eigenvalue weighted by atomic mass is 35.5. The van der Waals surface area contributed by atoms with Crippen molar-refractivity contribution in [2.75, 3.05) is 12.4 Å². The lowest BCUT2D eigenvalue weighted by Crippen LogP contribution is -2.08. The second-order valence-corrected chi connectivity index (χ2v) is 5.40. The SMILES string of the molecule is NCc1cc(Cl)ccc1SCC1CCCO1. The second kappa shape index (κ2) is 5.92. The molecule has 0 amide bonds. The van der Waals surface area contributed by atoms with E-state index in [1.165, 1.54) is 17.7 Å². The van der Waals surface area contributed by atoms with Crippen LogP contribution in [0.2, 0.25) is 5.02 Å². The fraction of sp³-hybridized carbons (Fsp3) is 0.500. The average molecular weight is 258 g/mol. The Labute approximate surface area is 105 Å². The van der Waals surface area contributed by atoms with E-state index < -0.39 is 0 Å². The molecule has 2 N–H and O–H groups in total. The first-order valence-corrected chi connectivity index (χ1v) is 6.89. The molecular formula is C12H16ClNOS. The molecule has 16 heavy (non-hydrogen) atoms. The van der Waals surface area contributed by atoms with E-state index in [1.54, 1.807) is 0 Å². The maximum atomic E-state index is 5.93. The summed E-state index contributed by atoms with van der Waals surface area (Å²) in [6.45, 7) is 1.45. The van der Waals surface area contributed by atoms with Crippen LogP contribution in [-0.4, -0.2) is 18.5 Å². The fourth-order valence-electron chi connectivity index (χ4n) is 1.81. The van der Waals surface area contributed by atoms with Crippen molar-refractivity contribution in [2.45, 2.75) is 30.4 Å². The van der Waals surface area contributed by atoms with Gasteiger partial charge in [0.2, 0.25) is 0 Å². The Morgan fingerprint density at radius 2 is 2.38 bits per heavy atom. The van der Waals surface area contributed by atoms with Gasteiger partial charge >= 0.3 is 0 Å². The maximum Gasteiger partial charge on any atom is 0.0669 e. The summed E-state index contributed by atoms with van der Waals surface area (Å²) in [6.07, 6.45) is 2.78. The minimum atomic E-state index is 0.409. The lowest BCUT2D eigenvalue weighted by atomic mass is 10.2. The first kappa shape index (κ1) is 12.2. The molecule has 0 radical (unpaired) electrons. The highest BCUT2D eigenvalue weighted by Crippen LogP contribution is 2.28. The van der Waals surface area contributed by atoms with E-state index in [0.717, 1.165) is 22.9 Å². The third-order valence-electron chi connectivity index (χ3n) is 2.69. The van der Waals surface area contributed by atoms with Gasteiger partial charge in [0.05, 0.1) is 6.10 Å². The molecule has 0 spiro atoms. The van der Waals surface area contributed by atoms with Gasteiger partial charge in [0, 0.05) is 28.8 Å². The molecular weight excluding hydrogens is 242 g/mol. The number of halogens is 1. The van der Waals surface area contributed by atoms with Crippen molar-refractivity contribution in [3.63, 3.8) is 0 Å². The van der Waals surface area contributed by atoms with Crippen molar-refractivity contribution in [1.29, 1.82) is 0 Å². The molecule has 1 aliphatic heterocycles. The van der Waals surface area contributed by atoms with Crippen molar-refractivity contribution in [1.82, 2.24) is 0 Å². The van der Waals surface area contributed by atoms with Gasteiger partial charge in [0.15, 0.2) is 0 Å². The van der Waals surface area contributed by atoms with Crippen LogP contribution in [0.4, 0.5) is 0 Å². The summed E-state index contributed by atoms with van der Waals surface area (Å²) in [6, 6.07) is 5.90. The lowest BCUT2D eigenvalue weighted by Gasteiger charge is -2.11. The van der Waals surface area contributed by atoms with Crippen LogP contribution in [0.25, 0.3) is 0 Å². The number of hydrogen-bond donors (Lipinski definition) is 1. The van der Waals surface area contributed by atoms with Gasteiger partial charge in [-0.2, -0.15) is 0 Å². The molecule has 0 aromatic heterocycles. The maximum absolute atomic E-state index is 5.93. The van der Waals surface area contributed by atoms with E-state index in [9.17, 15) is 0 Å². The van der Waals surface area contributed by atoms with Gasteiger partial charge in [-0.1, -0.05) is 11.6 Å². The molecule has 0 bridgehead atoms. The molecule has 1 aromatic carbocycles. The van der Waals surface area contributed by atoms with Gasteiger partial charge in [0.25, 0.3) is 0 Å². The summed E-state index contributed by atoms with van der Waals surface area (Å²) in [5.41, 5.74) is 6.82. The first-order valence-electron chi connectivity index (χ1n) is 5.52. The molecule has 4 heteroatoms. The van der Waals surface area contributed by atoms with Crippen molar-refractivity contribution in [3.05, 3.63) is 28.8 Å². The normalized spacial score (nSPS) is 20.2. The predicted molar refractivity (Wildman–Crippen MR) is 69.0 cm³/mol. The van der Waals surface area contributed by atoms with E-state index in [4.69, 9.17) is 22.1 Å². The van der Waals surface area contributed by atoms with Crippen LogP contribution < -0.4 is 5.73 Å². The zero-order chi connectivity index (χ0) is 11.4. The topological polar surface area (TPSA) is 35.2 Å². The minimum Gasteiger partial charge on any atom is -0.377 e. The number of rotatable bonds is 4. The van der Waals surface area contributed by atoms with E-state index in [-0.39, 0.29) is 0 Å². The molecule has 0 aliphatic carbocycles. The summed E-state index contributed by atoms with van der Waals surface area (Å²) in [4.78, 5) is 1.22. The zero-order valence-electron chi connectivity index (χ0n) is 9.12. The molecule has 88 valence electrons. The third kappa shape index (κ3) is 3.14. The van der Waals surface area contributed by atoms with Crippen molar-refractivity contribution < 1.29 is 4.74 Å². The van der Waals surface area contributed by atoms with E-state index in [1.807, 2.05) is 30.0 Å². The molecule has 2 rings (SSSR count). The summed E-state index contributed by atoms with van der Waals surface area (Å²) in [5, 5.41) is 0.752. The van der Waals surface area contributed by atoms with Crippen LogP contribution in [0.5, 0.6) is 0 Å². The van der Waals surface area contributed by atoms with Gasteiger partial charge < -0.3 is 10.5 Å². The van der Waals surface area contributed by atoms with Crippen LogP contribution in [0, 0.1) is 0 Å². The smallest absolute Gasteiger partial charge is 0.0669 e. The predicted octanol–water partition coefficient (Wildman–Crippen LogP) is 3.07. The fourth-order valence-corrected chi connectivity index (χ4v) is 3.12. The van der Waals surface area contributed by atoms with Crippen molar-refractivity contribution in [2.24, 2.45) is 5.73 Å². The molecule has 0 saturated carbocycles. The number of nitrogens with two attached hydrogens (primary N) is 1. The Balaban J connectivity index is 1.97. The number of ether oxygens (including phenoxy) is 1. The van der Waals surface area contributed by atoms with Gasteiger partial charge in [-0.3, -0.25) is 0 Å². The Bertz CT molecular complexity index is 353. The number of hydrogen-bond acceptors (Lipinski definition) is 3. The number of benzene rings is 1. The molecule has 1 aliphatic rings. The largest absolute Gasteiger partial charge is 0.377 e. The standard InChI is InChI=1S/C12H16ClNOS/c13-10-3-4-12(9(6-10)7-14)16-8-11-2-1-5-15-11/h3-4,6,11H,1-2,5,7-8,14H2. The van der Waals surface area contributed by atoms with E-state index in [0.29, 0.717) is 12.6 Å². The van der Waals surface area contributed by atoms with Crippen LogP contribution in [0.15, 0.2) is 23.1 Å². The Kier molecular flexibility index (Phi) is 4.53. The molecule has 1 atom stereocenters. The lowest BCUT2D eigenvalue weighted by molar-refractivity contribution is 0.129. The van der Waals surface area contributed by atoms with Crippen molar-refractivity contribution >= 4 is 23.4 Å². The summed E-state index contributed by atoms with van der Waals surface area (Å²) in [7, 11) is 0. The van der Waals surface area contributed by atoms with Crippen LogP contribution in [0.3, 0.4) is 0 Å². The molecule has 1 saturated heterocycles. The van der Waals surface area contributed by atoms with Crippen molar-refractivity contribution in [3.8, 4) is 0 Å². The molecule has 1 heterocycles. The Morgan fingerprint density at radius 3 is 3.06 bits per heavy atom. The van der Waals surface area contributed by atoms with E-state index >= 15 is 0 Å². The van der Waals surface area contributed by atoms with E-state index in [2.05, 4.69) is 0 Å². The van der Waals surface area contributed by atoms with Gasteiger partial charge in [0.1, 0.15) is 0 Å². The zero-order valence-corrected chi connectivity index (χ0v) is 10.7. The Hall–Kier alpha value is -0.220. The molecule has 1 fully saturated rings. The van der Waals surface area contributed by atoms with Gasteiger partial charge in [-0.05, 0) is 36.6 Å². The van der Waals surface area contributed by atoms with Gasteiger partial charge in [-0.25, -0.2) is 0 Å². The van der Waals surface area contributed by atoms with Gasteiger partial charge in [-0.15, -0.1) is 11.8 Å². The van der Waals surface area contributed by atoms with Crippen LogP contribution in [-0.2, 0) is 11.3 Å².